The van der Waals surface area contributed by atoms with Crippen molar-refractivity contribution in [3.05, 3.63) is 0 Å². The predicted octanol–water partition coefficient (Wildman–Crippen LogP) is -0.213. The molecule has 0 bridgehead atoms. The Morgan fingerprint density at radius 3 is 2.83 bits per heavy atom. The standard InChI is InChI=1S/C8H12N2O2/c9-2-1-8(12)10-5-6-3-7(11)4-6/h6-7,11H,1,3-5H2,(H,10,12). The Morgan fingerprint density at radius 1 is 1.67 bits per heavy atom. The molecule has 0 aromatic heterocycles. The first kappa shape index (κ1) is 9.01. The summed E-state index contributed by atoms with van der Waals surface area (Å²) in [6, 6.07) is 1.77. The van der Waals surface area contributed by atoms with E-state index in [0.717, 1.165) is 12.8 Å². The van der Waals surface area contributed by atoms with Crippen LogP contribution in [0.15, 0.2) is 0 Å². The Labute approximate surface area is 71.2 Å². The van der Waals surface area contributed by atoms with E-state index in [9.17, 15) is 4.79 Å². The van der Waals surface area contributed by atoms with Crippen molar-refractivity contribution in [3.8, 4) is 6.07 Å². The molecule has 0 aliphatic heterocycles. The maximum Gasteiger partial charge on any atom is 0.234 e. The zero-order valence-electron chi connectivity index (χ0n) is 6.79. The Morgan fingerprint density at radius 2 is 2.33 bits per heavy atom. The van der Waals surface area contributed by atoms with Gasteiger partial charge < -0.3 is 10.4 Å². The summed E-state index contributed by atoms with van der Waals surface area (Å²) in [4.78, 5) is 10.8. The van der Waals surface area contributed by atoms with E-state index in [0.29, 0.717) is 12.5 Å². The maximum atomic E-state index is 10.8. The number of nitrogens with zero attached hydrogens (tertiary/aromatic N) is 1. The fraction of sp³-hybridized carbons (Fsp3) is 0.750. The van der Waals surface area contributed by atoms with Gasteiger partial charge in [-0.25, -0.2) is 0 Å². The highest BCUT2D eigenvalue weighted by Gasteiger charge is 2.26. The minimum absolute atomic E-state index is 0.0741. The number of carbonyl (C=O) groups excluding carboxylic acids is 1. The van der Waals surface area contributed by atoms with Gasteiger partial charge in [0.25, 0.3) is 0 Å². The molecule has 1 aliphatic carbocycles. The zero-order valence-corrected chi connectivity index (χ0v) is 6.79. The van der Waals surface area contributed by atoms with E-state index in [1.807, 2.05) is 0 Å². The zero-order chi connectivity index (χ0) is 8.97. The second kappa shape index (κ2) is 4.07. The molecule has 4 nitrogen and oxygen atoms in total. The van der Waals surface area contributed by atoms with Gasteiger partial charge in [-0.05, 0) is 18.8 Å². The van der Waals surface area contributed by atoms with Crippen molar-refractivity contribution in [2.24, 2.45) is 5.92 Å². The molecule has 1 rings (SSSR count). The van der Waals surface area contributed by atoms with Crippen molar-refractivity contribution in [2.75, 3.05) is 6.54 Å². The second-order valence-electron chi connectivity index (χ2n) is 3.13. The molecule has 0 unspecified atom stereocenters. The van der Waals surface area contributed by atoms with Gasteiger partial charge in [-0.1, -0.05) is 0 Å². The van der Waals surface area contributed by atoms with E-state index in [-0.39, 0.29) is 18.4 Å². The van der Waals surface area contributed by atoms with Crippen LogP contribution < -0.4 is 5.32 Å². The fourth-order valence-electron chi connectivity index (χ4n) is 1.26. The van der Waals surface area contributed by atoms with Crippen LogP contribution in [0, 0.1) is 17.2 Å². The number of nitriles is 1. The van der Waals surface area contributed by atoms with E-state index >= 15 is 0 Å². The summed E-state index contributed by atoms with van der Waals surface area (Å²) in [6.07, 6.45) is 1.29. The lowest BCUT2D eigenvalue weighted by Gasteiger charge is -2.31. The van der Waals surface area contributed by atoms with Crippen LogP contribution in [-0.4, -0.2) is 23.7 Å². The van der Waals surface area contributed by atoms with E-state index in [2.05, 4.69) is 5.32 Å². The monoisotopic (exact) mass is 168 g/mol. The molecule has 1 saturated carbocycles. The Bertz CT molecular complexity index is 204. The first-order valence-corrected chi connectivity index (χ1v) is 4.04. The molecule has 0 spiro atoms. The molecule has 4 heteroatoms. The number of aliphatic hydroxyl groups is 1. The molecule has 0 atom stereocenters. The fourth-order valence-corrected chi connectivity index (χ4v) is 1.26. The number of amides is 1. The lowest BCUT2D eigenvalue weighted by molar-refractivity contribution is -0.120. The first-order valence-electron chi connectivity index (χ1n) is 4.04. The van der Waals surface area contributed by atoms with Gasteiger partial charge in [0.2, 0.25) is 5.91 Å². The van der Waals surface area contributed by atoms with Crippen LogP contribution in [0.5, 0.6) is 0 Å². The molecular formula is C8H12N2O2. The Balaban J connectivity index is 2.03. The average molecular weight is 168 g/mol. The van der Waals surface area contributed by atoms with Crippen LogP contribution in [0.1, 0.15) is 19.3 Å². The summed E-state index contributed by atoms with van der Waals surface area (Å²) in [5, 5.41) is 19.7. The van der Waals surface area contributed by atoms with Crippen molar-refractivity contribution in [1.29, 1.82) is 5.26 Å². The highest BCUT2D eigenvalue weighted by atomic mass is 16.3. The van der Waals surface area contributed by atoms with Crippen LogP contribution in [0.25, 0.3) is 0 Å². The normalized spacial score (nSPS) is 27.0. The third-order valence-electron chi connectivity index (χ3n) is 2.04. The van der Waals surface area contributed by atoms with Gasteiger partial charge in [-0.3, -0.25) is 4.79 Å². The SMILES string of the molecule is N#CCC(=O)NCC1CC(O)C1. The van der Waals surface area contributed by atoms with Gasteiger partial charge in [0.1, 0.15) is 6.42 Å². The van der Waals surface area contributed by atoms with Gasteiger partial charge in [-0.15, -0.1) is 0 Å². The van der Waals surface area contributed by atoms with Gasteiger partial charge >= 0.3 is 0 Å². The van der Waals surface area contributed by atoms with Crippen molar-refractivity contribution < 1.29 is 9.90 Å². The number of carbonyl (C=O) groups is 1. The molecule has 2 N–H and O–H groups in total. The van der Waals surface area contributed by atoms with Crippen molar-refractivity contribution in [1.82, 2.24) is 5.32 Å². The number of nitrogens with one attached hydrogen (secondary N) is 1. The van der Waals surface area contributed by atoms with Gasteiger partial charge in [0.05, 0.1) is 12.2 Å². The molecule has 0 radical (unpaired) electrons. The largest absolute Gasteiger partial charge is 0.393 e. The van der Waals surface area contributed by atoms with Gasteiger partial charge in [0, 0.05) is 6.54 Å². The molecule has 66 valence electrons. The predicted molar refractivity (Wildman–Crippen MR) is 42.0 cm³/mol. The van der Waals surface area contributed by atoms with E-state index in [4.69, 9.17) is 10.4 Å². The smallest absolute Gasteiger partial charge is 0.234 e. The average Bonchev–Trinajstić information content (AvgIpc) is 1.96. The third kappa shape index (κ3) is 2.51. The van der Waals surface area contributed by atoms with Crippen molar-refractivity contribution in [3.63, 3.8) is 0 Å². The van der Waals surface area contributed by atoms with Gasteiger partial charge in [-0.2, -0.15) is 5.26 Å². The van der Waals surface area contributed by atoms with E-state index in [1.165, 1.54) is 0 Å². The highest BCUT2D eigenvalue weighted by Crippen LogP contribution is 2.25. The number of rotatable bonds is 3. The summed E-state index contributed by atoms with van der Waals surface area (Å²) < 4.78 is 0. The molecule has 0 saturated heterocycles. The molecular weight excluding hydrogens is 156 g/mol. The number of hydrogen-bond acceptors (Lipinski definition) is 3. The van der Waals surface area contributed by atoms with Crippen LogP contribution in [0.3, 0.4) is 0 Å². The molecule has 0 heterocycles. The van der Waals surface area contributed by atoms with Crippen molar-refractivity contribution >= 4 is 5.91 Å². The Hall–Kier alpha value is -1.08. The summed E-state index contributed by atoms with van der Waals surface area (Å²) in [5.41, 5.74) is 0. The van der Waals surface area contributed by atoms with Crippen LogP contribution in [-0.2, 0) is 4.79 Å². The van der Waals surface area contributed by atoms with E-state index < -0.39 is 0 Å². The molecule has 0 aromatic rings. The number of hydrogen-bond donors (Lipinski definition) is 2. The topological polar surface area (TPSA) is 73.1 Å². The van der Waals surface area contributed by atoms with Crippen LogP contribution >= 0.6 is 0 Å². The third-order valence-corrected chi connectivity index (χ3v) is 2.04. The molecule has 1 fully saturated rings. The molecule has 0 aromatic carbocycles. The van der Waals surface area contributed by atoms with Gasteiger partial charge in [0.15, 0.2) is 0 Å². The quantitative estimate of drug-likeness (QED) is 0.612. The lowest BCUT2D eigenvalue weighted by atomic mass is 9.82. The lowest BCUT2D eigenvalue weighted by Crippen LogP contribution is -2.38. The number of aliphatic hydroxyl groups excluding tert-OH is 1. The minimum Gasteiger partial charge on any atom is -0.393 e. The summed E-state index contributed by atoms with van der Waals surface area (Å²) in [7, 11) is 0. The highest BCUT2D eigenvalue weighted by molar-refractivity contribution is 5.77. The second-order valence-corrected chi connectivity index (χ2v) is 3.13. The first-order chi connectivity index (χ1) is 5.72. The molecule has 1 aliphatic rings. The summed E-state index contributed by atoms with van der Waals surface area (Å²) in [5.74, 6) is 0.182. The van der Waals surface area contributed by atoms with Crippen LogP contribution in [0.4, 0.5) is 0 Å². The van der Waals surface area contributed by atoms with E-state index in [1.54, 1.807) is 6.07 Å². The minimum atomic E-state index is -0.223. The van der Waals surface area contributed by atoms with Crippen molar-refractivity contribution in [2.45, 2.75) is 25.4 Å². The Kier molecular flexibility index (Phi) is 3.06. The van der Waals surface area contributed by atoms with Crippen LogP contribution in [0.2, 0.25) is 0 Å². The summed E-state index contributed by atoms with van der Waals surface area (Å²) in [6.45, 7) is 0.595. The summed E-state index contributed by atoms with van der Waals surface area (Å²) >= 11 is 0. The maximum absolute atomic E-state index is 10.8. The molecule has 1 amide bonds. The molecule has 12 heavy (non-hydrogen) atoms.